The van der Waals surface area contributed by atoms with E-state index >= 15 is 0 Å². The number of nitrogens with zero attached hydrogens (tertiary/aromatic N) is 4. The van der Waals surface area contributed by atoms with Crippen molar-refractivity contribution in [1.29, 1.82) is 0 Å². The molecule has 1 aliphatic heterocycles. The van der Waals surface area contributed by atoms with E-state index in [4.69, 9.17) is 0 Å². The molecular weight excluding hydrogens is 335 g/mol. The third kappa shape index (κ3) is 3.15. The molecular formula is C15H16BrFN4. The predicted octanol–water partition coefficient (Wildman–Crippen LogP) is 2.84. The van der Waals surface area contributed by atoms with Gasteiger partial charge in [-0.1, -0.05) is 15.9 Å². The number of aromatic nitrogens is 2. The maximum atomic E-state index is 13.3. The summed E-state index contributed by atoms with van der Waals surface area (Å²) >= 11 is 3.43. The highest BCUT2D eigenvalue weighted by atomic mass is 79.9. The Morgan fingerprint density at radius 1 is 1.05 bits per heavy atom. The van der Waals surface area contributed by atoms with Crippen LogP contribution < -0.4 is 9.80 Å². The normalized spacial score (nSPS) is 15.3. The third-order valence-electron chi connectivity index (χ3n) is 3.64. The molecule has 1 aliphatic rings. The summed E-state index contributed by atoms with van der Waals surface area (Å²) in [5.41, 5.74) is 2.08. The first-order valence-electron chi connectivity index (χ1n) is 6.89. The first kappa shape index (κ1) is 14.3. The van der Waals surface area contributed by atoms with Crippen molar-refractivity contribution < 1.29 is 4.39 Å². The van der Waals surface area contributed by atoms with Crippen molar-refractivity contribution in [2.45, 2.75) is 5.33 Å². The van der Waals surface area contributed by atoms with Crippen molar-refractivity contribution >= 4 is 27.6 Å². The van der Waals surface area contributed by atoms with E-state index in [1.165, 1.54) is 6.07 Å². The molecule has 0 atom stereocenters. The first-order valence-corrected chi connectivity index (χ1v) is 8.01. The smallest absolute Gasteiger partial charge is 0.225 e. The van der Waals surface area contributed by atoms with E-state index in [1.54, 1.807) is 18.5 Å². The highest BCUT2D eigenvalue weighted by Crippen LogP contribution is 2.25. The molecule has 3 rings (SSSR count). The summed E-state index contributed by atoms with van der Waals surface area (Å²) in [5, 5.41) is 0.655. The Morgan fingerprint density at radius 2 is 1.71 bits per heavy atom. The quantitative estimate of drug-likeness (QED) is 0.796. The van der Waals surface area contributed by atoms with E-state index < -0.39 is 0 Å². The number of hydrogen-bond acceptors (Lipinski definition) is 4. The molecule has 0 amide bonds. The van der Waals surface area contributed by atoms with Crippen LogP contribution in [0, 0.1) is 5.82 Å². The zero-order chi connectivity index (χ0) is 14.7. The van der Waals surface area contributed by atoms with Crippen LogP contribution in [0.25, 0.3) is 0 Å². The molecule has 1 aromatic carbocycles. The van der Waals surface area contributed by atoms with E-state index in [0.717, 1.165) is 43.4 Å². The number of anilines is 2. The van der Waals surface area contributed by atoms with Crippen LogP contribution in [-0.4, -0.2) is 36.1 Å². The van der Waals surface area contributed by atoms with Gasteiger partial charge < -0.3 is 9.80 Å². The SMILES string of the molecule is Fc1ccc(N2CCN(c3ncccn3)CC2)c(CBr)c1. The van der Waals surface area contributed by atoms with E-state index in [9.17, 15) is 4.39 Å². The van der Waals surface area contributed by atoms with Gasteiger partial charge in [-0.15, -0.1) is 0 Å². The van der Waals surface area contributed by atoms with E-state index in [1.807, 2.05) is 12.1 Å². The van der Waals surface area contributed by atoms with Gasteiger partial charge in [-0.2, -0.15) is 0 Å². The lowest BCUT2D eigenvalue weighted by atomic mass is 10.1. The Bertz CT molecular complexity index is 600. The number of rotatable bonds is 3. The molecule has 110 valence electrons. The lowest BCUT2D eigenvalue weighted by Gasteiger charge is -2.36. The van der Waals surface area contributed by atoms with Gasteiger partial charge in [0.05, 0.1) is 0 Å². The number of hydrogen-bond donors (Lipinski definition) is 0. The highest BCUT2D eigenvalue weighted by molar-refractivity contribution is 9.08. The van der Waals surface area contributed by atoms with Gasteiger partial charge in [0.1, 0.15) is 5.82 Å². The zero-order valence-electron chi connectivity index (χ0n) is 11.5. The van der Waals surface area contributed by atoms with Crippen LogP contribution in [0.3, 0.4) is 0 Å². The van der Waals surface area contributed by atoms with Crippen molar-refractivity contribution in [3.8, 4) is 0 Å². The lowest BCUT2D eigenvalue weighted by molar-refractivity contribution is 0.621. The van der Waals surface area contributed by atoms with Crippen LogP contribution in [0.4, 0.5) is 16.0 Å². The molecule has 0 spiro atoms. The van der Waals surface area contributed by atoms with Gasteiger partial charge in [-0.3, -0.25) is 0 Å². The summed E-state index contributed by atoms with van der Waals surface area (Å²) < 4.78 is 13.3. The summed E-state index contributed by atoms with van der Waals surface area (Å²) in [5.74, 6) is 0.585. The van der Waals surface area contributed by atoms with E-state index in [0.29, 0.717) is 5.33 Å². The summed E-state index contributed by atoms with van der Waals surface area (Å²) in [4.78, 5) is 13.0. The molecule has 2 heterocycles. The van der Waals surface area contributed by atoms with Crippen molar-refractivity contribution in [3.63, 3.8) is 0 Å². The summed E-state index contributed by atoms with van der Waals surface area (Å²) in [6.45, 7) is 3.49. The van der Waals surface area contributed by atoms with Crippen molar-refractivity contribution in [2.75, 3.05) is 36.0 Å². The molecule has 1 aromatic heterocycles. The minimum atomic E-state index is -0.190. The van der Waals surface area contributed by atoms with E-state index in [2.05, 4.69) is 35.7 Å². The molecule has 4 nitrogen and oxygen atoms in total. The Kier molecular flexibility index (Phi) is 4.34. The van der Waals surface area contributed by atoms with Gasteiger partial charge in [0, 0.05) is 49.6 Å². The van der Waals surface area contributed by atoms with Crippen LogP contribution in [0.15, 0.2) is 36.7 Å². The Hall–Kier alpha value is -1.69. The van der Waals surface area contributed by atoms with Crippen LogP contribution >= 0.6 is 15.9 Å². The van der Waals surface area contributed by atoms with Gasteiger partial charge in [-0.25, -0.2) is 14.4 Å². The fourth-order valence-electron chi connectivity index (χ4n) is 2.57. The predicted molar refractivity (Wildman–Crippen MR) is 85.5 cm³/mol. The zero-order valence-corrected chi connectivity index (χ0v) is 13.1. The van der Waals surface area contributed by atoms with Crippen LogP contribution in [-0.2, 0) is 5.33 Å². The van der Waals surface area contributed by atoms with E-state index in [-0.39, 0.29) is 5.82 Å². The molecule has 1 fully saturated rings. The molecule has 21 heavy (non-hydrogen) atoms. The molecule has 6 heteroatoms. The van der Waals surface area contributed by atoms with Crippen molar-refractivity contribution in [2.24, 2.45) is 0 Å². The second-order valence-corrected chi connectivity index (χ2v) is 5.49. The van der Waals surface area contributed by atoms with Crippen LogP contribution in [0.2, 0.25) is 0 Å². The Balaban J connectivity index is 1.71. The summed E-state index contributed by atoms with van der Waals surface area (Å²) in [7, 11) is 0. The highest BCUT2D eigenvalue weighted by Gasteiger charge is 2.20. The third-order valence-corrected chi connectivity index (χ3v) is 4.24. The minimum absolute atomic E-state index is 0.190. The lowest BCUT2D eigenvalue weighted by Crippen LogP contribution is -2.47. The monoisotopic (exact) mass is 350 g/mol. The molecule has 0 aliphatic carbocycles. The second-order valence-electron chi connectivity index (χ2n) is 4.93. The molecule has 1 saturated heterocycles. The fraction of sp³-hybridized carbons (Fsp3) is 0.333. The molecule has 0 saturated carbocycles. The molecule has 0 N–H and O–H groups in total. The van der Waals surface area contributed by atoms with Gasteiger partial charge in [-0.05, 0) is 29.8 Å². The standard InChI is InChI=1S/C15H16BrFN4/c16-11-12-10-13(17)2-3-14(12)20-6-8-21(9-7-20)15-18-4-1-5-19-15/h1-5,10H,6-9,11H2. The number of alkyl halides is 1. The maximum absolute atomic E-state index is 13.3. The summed E-state index contributed by atoms with van der Waals surface area (Å²) in [6.07, 6.45) is 3.52. The molecule has 0 bridgehead atoms. The minimum Gasteiger partial charge on any atom is -0.368 e. The van der Waals surface area contributed by atoms with Crippen molar-refractivity contribution in [1.82, 2.24) is 9.97 Å². The van der Waals surface area contributed by atoms with Crippen LogP contribution in [0.5, 0.6) is 0 Å². The maximum Gasteiger partial charge on any atom is 0.225 e. The topological polar surface area (TPSA) is 32.3 Å². The van der Waals surface area contributed by atoms with Crippen molar-refractivity contribution in [3.05, 3.63) is 48.0 Å². The number of piperazine rings is 1. The van der Waals surface area contributed by atoms with Gasteiger partial charge in [0.25, 0.3) is 0 Å². The molecule has 0 radical (unpaired) electrons. The first-order chi connectivity index (χ1) is 10.3. The Labute approximate surface area is 131 Å². The average Bonchev–Trinajstić information content (AvgIpc) is 2.56. The fourth-order valence-corrected chi connectivity index (χ4v) is 3.02. The molecule has 2 aromatic rings. The second kappa shape index (κ2) is 6.39. The number of halogens is 2. The average molecular weight is 351 g/mol. The van der Waals surface area contributed by atoms with Gasteiger partial charge in [0.2, 0.25) is 5.95 Å². The number of benzene rings is 1. The summed E-state index contributed by atoms with van der Waals surface area (Å²) in [6, 6.07) is 6.80. The molecule has 0 unspecified atom stereocenters. The Morgan fingerprint density at radius 3 is 2.38 bits per heavy atom. The largest absolute Gasteiger partial charge is 0.368 e. The van der Waals surface area contributed by atoms with Crippen LogP contribution in [0.1, 0.15) is 5.56 Å². The van der Waals surface area contributed by atoms with Gasteiger partial charge in [0.15, 0.2) is 0 Å². The van der Waals surface area contributed by atoms with Gasteiger partial charge >= 0.3 is 0 Å².